The summed E-state index contributed by atoms with van der Waals surface area (Å²) in [4.78, 5) is 15.0. The van der Waals surface area contributed by atoms with Crippen LogP contribution < -0.4 is 4.74 Å². The molecule has 1 fully saturated rings. The standard InChI is InChI=1S/C17H24FNO2/c1-4-17(2,19-9-5-6-10-19)16(20)12-13-7-8-15(21-3)14(18)11-13/h7-8,11H,4-6,9-10,12H2,1-3H3. The first kappa shape index (κ1) is 16.0. The summed E-state index contributed by atoms with van der Waals surface area (Å²) in [6.07, 6.45) is 3.35. The van der Waals surface area contributed by atoms with Gasteiger partial charge in [0.05, 0.1) is 12.6 Å². The van der Waals surface area contributed by atoms with E-state index in [0.717, 1.165) is 32.4 Å². The number of carbonyl (C=O) groups is 1. The summed E-state index contributed by atoms with van der Waals surface area (Å²) in [5.74, 6) is -0.0392. The monoisotopic (exact) mass is 293 g/mol. The molecule has 1 heterocycles. The van der Waals surface area contributed by atoms with Crippen molar-refractivity contribution in [3.63, 3.8) is 0 Å². The Balaban J connectivity index is 2.13. The number of benzene rings is 1. The Morgan fingerprint density at radius 3 is 2.57 bits per heavy atom. The van der Waals surface area contributed by atoms with E-state index in [0.29, 0.717) is 5.56 Å². The van der Waals surface area contributed by atoms with E-state index >= 15 is 0 Å². The largest absolute Gasteiger partial charge is 0.494 e. The molecule has 1 unspecified atom stereocenters. The van der Waals surface area contributed by atoms with E-state index in [4.69, 9.17) is 4.74 Å². The molecule has 0 saturated carbocycles. The molecule has 0 N–H and O–H groups in total. The normalized spacial score (nSPS) is 18.5. The summed E-state index contributed by atoms with van der Waals surface area (Å²) in [6.45, 7) is 6.02. The Morgan fingerprint density at radius 2 is 2.05 bits per heavy atom. The Hall–Kier alpha value is -1.42. The van der Waals surface area contributed by atoms with Crippen molar-refractivity contribution in [2.75, 3.05) is 20.2 Å². The van der Waals surface area contributed by atoms with Gasteiger partial charge in [0, 0.05) is 6.42 Å². The van der Waals surface area contributed by atoms with Crippen molar-refractivity contribution in [3.8, 4) is 5.75 Å². The minimum Gasteiger partial charge on any atom is -0.494 e. The Labute approximate surface area is 126 Å². The third-order valence-electron chi connectivity index (χ3n) is 4.67. The highest BCUT2D eigenvalue weighted by atomic mass is 19.1. The fourth-order valence-electron chi connectivity index (χ4n) is 3.00. The summed E-state index contributed by atoms with van der Waals surface area (Å²) in [7, 11) is 1.44. The Kier molecular flexibility index (Phi) is 4.99. The van der Waals surface area contributed by atoms with Crippen molar-refractivity contribution in [1.82, 2.24) is 4.90 Å². The van der Waals surface area contributed by atoms with Crippen LogP contribution in [0.25, 0.3) is 0 Å². The number of nitrogens with zero attached hydrogens (tertiary/aromatic N) is 1. The minimum absolute atomic E-state index is 0.163. The van der Waals surface area contributed by atoms with E-state index < -0.39 is 11.4 Å². The highest BCUT2D eigenvalue weighted by molar-refractivity contribution is 5.89. The van der Waals surface area contributed by atoms with Crippen LogP contribution in [0.1, 0.15) is 38.7 Å². The van der Waals surface area contributed by atoms with Crippen LogP contribution in [0.2, 0.25) is 0 Å². The van der Waals surface area contributed by atoms with Crippen LogP contribution in [0.15, 0.2) is 18.2 Å². The fraction of sp³-hybridized carbons (Fsp3) is 0.588. The molecule has 0 aromatic heterocycles. The maximum absolute atomic E-state index is 13.7. The van der Waals surface area contributed by atoms with E-state index in [2.05, 4.69) is 4.90 Å². The molecule has 0 amide bonds. The predicted octanol–water partition coefficient (Wildman–Crippen LogP) is 3.21. The van der Waals surface area contributed by atoms with Crippen LogP contribution in [0.5, 0.6) is 5.75 Å². The second kappa shape index (κ2) is 6.56. The molecular formula is C17H24FNO2. The Bertz CT molecular complexity index is 512. The molecule has 1 aromatic carbocycles. The quantitative estimate of drug-likeness (QED) is 0.806. The summed E-state index contributed by atoms with van der Waals surface area (Å²) < 4.78 is 18.6. The number of hydrogen-bond acceptors (Lipinski definition) is 3. The van der Waals surface area contributed by atoms with Crippen LogP contribution in [0, 0.1) is 5.82 Å². The van der Waals surface area contributed by atoms with Crippen molar-refractivity contribution < 1.29 is 13.9 Å². The number of halogens is 1. The highest BCUT2D eigenvalue weighted by Crippen LogP contribution is 2.27. The van der Waals surface area contributed by atoms with Gasteiger partial charge in [0.1, 0.15) is 0 Å². The molecular weight excluding hydrogens is 269 g/mol. The van der Waals surface area contributed by atoms with Crippen molar-refractivity contribution >= 4 is 5.78 Å². The maximum Gasteiger partial charge on any atom is 0.165 e. The van der Waals surface area contributed by atoms with Crippen molar-refractivity contribution in [2.24, 2.45) is 0 Å². The van der Waals surface area contributed by atoms with E-state index in [1.807, 2.05) is 13.8 Å². The summed E-state index contributed by atoms with van der Waals surface area (Å²) >= 11 is 0. The number of carbonyl (C=O) groups excluding carboxylic acids is 1. The second-order valence-electron chi connectivity index (χ2n) is 5.89. The molecule has 1 atom stereocenters. The molecule has 3 nitrogen and oxygen atoms in total. The Morgan fingerprint density at radius 1 is 1.38 bits per heavy atom. The molecule has 4 heteroatoms. The smallest absolute Gasteiger partial charge is 0.165 e. The van der Waals surface area contributed by atoms with Gasteiger partial charge < -0.3 is 4.74 Å². The predicted molar refractivity (Wildman–Crippen MR) is 81.2 cm³/mol. The topological polar surface area (TPSA) is 29.5 Å². The first-order valence-electron chi connectivity index (χ1n) is 7.62. The number of likely N-dealkylation sites (tertiary alicyclic amines) is 1. The van der Waals surface area contributed by atoms with Gasteiger partial charge in [-0.25, -0.2) is 4.39 Å². The number of methoxy groups -OCH3 is 1. The molecule has 1 saturated heterocycles. The number of ketones is 1. The lowest BCUT2D eigenvalue weighted by molar-refractivity contribution is -0.129. The van der Waals surface area contributed by atoms with Crippen LogP contribution in [0.4, 0.5) is 4.39 Å². The average molecular weight is 293 g/mol. The molecule has 116 valence electrons. The van der Waals surface area contributed by atoms with Gasteiger partial charge >= 0.3 is 0 Å². The summed E-state index contributed by atoms with van der Waals surface area (Å²) in [5.41, 5.74) is 0.268. The lowest BCUT2D eigenvalue weighted by Crippen LogP contribution is -2.51. The zero-order valence-electron chi connectivity index (χ0n) is 13.1. The molecule has 0 radical (unpaired) electrons. The number of hydrogen-bond donors (Lipinski definition) is 0. The lowest BCUT2D eigenvalue weighted by Gasteiger charge is -2.36. The van der Waals surface area contributed by atoms with E-state index in [-0.39, 0.29) is 18.0 Å². The first-order valence-corrected chi connectivity index (χ1v) is 7.62. The van der Waals surface area contributed by atoms with Gasteiger partial charge in [-0.3, -0.25) is 9.69 Å². The van der Waals surface area contributed by atoms with Gasteiger partial charge in [-0.1, -0.05) is 13.0 Å². The van der Waals surface area contributed by atoms with Gasteiger partial charge in [-0.2, -0.15) is 0 Å². The SMILES string of the molecule is CCC(C)(C(=O)Cc1ccc(OC)c(F)c1)N1CCCC1. The van der Waals surface area contributed by atoms with Crippen molar-refractivity contribution in [2.45, 2.75) is 45.1 Å². The highest BCUT2D eigenvalue weighted by Gasteiger charge is 2.38. The molecule has 0 bridgehead atoms. The molecule has 1 aliphatic rings. The van der Waals surface area contributed by atoms with E-state index in [1.165, 1.54) is 13.2 Å². The van der Waals surface area contributed by atoms with Gasteiger partial charge in [-0.15, -0.1) is 0 Å². The molecule has 21 heavy (non-hydrogen) atoms. The molecule has 0 aliphatic carbocycles. The first-order chi connectivity index (χ1) is 10.0. The lowest BCUT2D eigenvalue weighted by atomic mass is 9.87. The molecule has 1 aliphatic heterocycles. The van der Waals surface area contributed by atoms with Crippen molar-refractivity contribution in [1.29, 1.82) is 0 Å². The summed E-state index contributed by atoms with van der Waals surface area (Å²) in [5, 5.41) is 0. The summed E-state index contributed by atoms with van der Waals surface area (Å²) in [6, 6.07) is 4.74. The van der Waals surface area contributed by atoms with Crippen LogP contribution in [-0.4, -0.2) is 36.4 Å². The third-order valence-corrected chi connectivity index (χ3v) is 4.67. The number of ether oxygens (including phenoxy) is 1. The third kappa shape index (κ3) is 3.26. The number of Topliss-reactive ketones (excluding diaryl/α,β-unsaturated/α-hetero) is 1. The van der Waals surface area contributed by atoms with Crippen LogP contribution in [-0.2, 0) is 11.2 Å². The fourth-order valence-corrected chi connectivity index (χ4v) is 3.00. The van der Waals surface area contributed by atoms with E-state index in [9.17, 15) is 9.18 Å². The van der Waals surface area contributed by atoms with E-state index in [1.54, 1.807) is 12.1 Å². The number of rotatable bonds is 6. The second-order valence-corrected chi connectivity index (χ2v) is 5.89. The van der Waals surface area contributed by atoms with Crippen LogP contribution >= 0.6 is 0 Å². The molecule has 2 rings (SSSR count). The van der Waals surface area contributed by atoms with Gasteiger partial charge in [0.25, 0.3) is 0 Å². The van der Waals surface area contributed by atoms with Crippen LogP contribution in [0.3, 0.4) is 0 Å². The zero-order chi connectivity index (χ0) is 15.5. The molecule has 1 aromatic rings. The minimum atomic E-state index is -0.438. The van der Waals surface area contributed by atoms with Gasteiger partial charge in [0.2, 0.25) is 0 Å². The van der Waals surface area contributed by atoms with Gasteiger partial charge in [-0.05, 0) is 57.0 Å². The van der Waals surface area contributed by atoms with Crippen molar-refractivity contribution in [3.05, 3.63) is 29.6 Å². The average Bonchev–Trinajstić information content (AvgIpc) is 3.01. The van der Waals surface area contributed by atoms with Gasteiger partial charge in [0.15, 0.2) is 17.3 Å². The molecule has 0 spiro atoms. The maximum atomic E-state index is 13.7. The zero-order valence-corrected chi connectivity index (χ0v) is 13.1.